The van der Waals surface area contributed by atoms with Crippen LogP contribution >= 0.6 is 0 Å². The van der Waals surface area contributed by atoms with Crippen molar-refractivity contribution in [3.05, 3.63) is 52.1 Å². The first kappa shape index (κ1) is 12.0. The van der Waals surface area contributed by atoms with Crippen LogP contribution in [0.4, 0.5) is 0 Å². The van der Waals surface area contributed by atoms with Crippen molar-refractivity contribution in [2.24, 2.45) is 0 Å². The van der Waals surface area contributed by atoms with Gasteiger partial charge in [0.05, 0.1) is 5.41 Å². The molecule has 2 heteroatoms. The van der Waals surface area contributed by atoms with Crippen molar-refractivity contribution in [2.75, 3.05) is 13.6 Å². The largest absolute Gasteiger partial charge is 0.484 e. The van der Waals surface area contributed by atoms with E-state index in [-0.39, 0.29) is 11.5 Å². The standard InChI is InChI=1S/C19H21NO/c1-11-4-6-13-10-15-14-7-5-12(2)18-19(14,8-9-20(15)3)16(13)17(11)21-18/h4-7,15,18H,8-10H2,1-3H3/t15?,18-,19-/m0/s1. The Labute approximate surface area is 126 Å². The van der Waals surface area contributed by atoms with Gasteiger partial charge < -0.3 is 4.74 Å². The lowest BCUT2D eigenvalue weighted by Gasteiger charge is -2.53. The van der Waals surface area contributed by atoms with Crippen LogP contribution in [0.25, 0.3) is 0 Å². The summed E-state index contributed by atoms with van der Waals surface area (Å²) in [6.07, 6.45) is 7.23. The highest BCUT2D eigenvalue weighted by molar-refractivity contribution is 5.66. The molecule has 1 fully saturated rings. The number of ether oxygens (including phenoxy) is 1. The van der Waals surface area contributed by atoms with Gasteiger partial charge >= 0.3 is 0 Å². The zero-order chi connectivity index (χ0) is 14.4. The van der Waals surface area contributed by atoms with Crippen LogP contribution in [-0.2, 0) is 11.8 Å². The van der Waals surface area contributed by atoms with Crippen LogP contribution in [0.1, 0.15) is 30.0 Å². The second kappa shape index (κ2) is 3.61. The van der Waals surface area contributed by atoms with E-state index in [1.54, 1.807) is 5.57 Å². The van der Waals surface area contributed by atoms with E-state index >= 15 is 0 Å². The first-order valence-electron chi connectivity index (χ1n) is 8.01. The molecule has 1 spiro atoms. The fourth-order valence-corrected chi connectivity index (χ4v) is 5.15. The number of piperidine rings is 1. The van der Waals surface area contributed by atoms with Gasteiger partial charge in [-0.1, -0.05) is 24.3 Å². The van der Waals surface area contributed by atoms with Crippen LogP contribution in [0.2, 0.25) is 0 Å². The monoisotopic (exact) mass is 279 g/mol. The average Bonchev–Trinajstić information content (AvgIpc) is 2.83. The maximum absolute atomic E-state index is 6.53. The Bertz CT molecular complexity index is 729. The lowest BCUT2D eigenvalue weighted by molar-refractivity contribution is 0.112. The number of allylic oxidation sites excluding steroid dienone is 2. The van der Waals surface area contributed by atoms with E-state index in [9.17, 15) is 0 Å². The molecular weight excluding hydrogens is 258 g/mol. The van der Waals surface area contributed by atoms with Gasteiger partial charge in [0, 0.05) is 11.6 Å². The number of likely N-dealkylation sites (N-methyl/N-ethyl adjacent to an activating group) is 1. The number of hydrogen-bond acceptors (Lipinski definition) is 2. The molecule has 0 N–H and O–H groups in total. The zero-order valence-corrected chi connectivity index (χ0v) is 12.9. The zero-order valence-electron chi connectivity index (χ0n) is 12.9. The second-order valence-electron chi connectivity index (χ2n) is 7.20. The minimum Gasteiger partial charge on any atom is -0.484 e. The van der Waals surface area contributed by atoms with Gasteiger partial charge in [0.25, 0.3) is 0 Å². The van der Waals surface area contributed by atoms with Crippen molar-refractivity contribution in [1.82, 2.24) is 4.90 Å². The van der Waals surface area contributed by atoms with Crippen LogP contribution < -0.4 is 4.74 Å². The van der Waals surface area contributed by atoms with Crippen LogP contribution in [0.5, 0.6) is 5.75 Å². The van der Waals surface area contributed by atoms with Crippen molar-refractivity contribution >= 4 is 0 Å². The van der Waals surface area contributed by atoms with E-state index in [1.807, 2.05) is 0 Å². The van der Waals surface area contributed by atoms with Crippen molar-refractivity contribution in [2.45, 2.75) is 44.2 Å². The van der Waals surface area contributed by atoms with E-state index in [4.69, 9.17) is 4.74 Å². The smallest absolute Gasteiger partial charge is 0.133 e. The van der Waals surface area contributed by atoms with Gasteiger partial charge in [0.2, 0.25) is 0 Å². The van der Waals surface area contributed by atoms with E-state index in [1.165, 1.54) is 41.0 Å². The Kier molecular flexibility index (Phi) is 2.07. The molecule has 1 saturated heterocycles. The molecule has 0 aromatic heterocycles. The Morgan fingerprint density at radius 1 is 1.24 bits per heavy atom. The average molecular weight is 279 g/mol. The van der Waals surface area contributed by atoms with Gasteiger partial charge in [-0.15, -0.1) is 0 Å². The van der Waals surface area contributed by atoms with Gasteiger partial charge in [-0.25, -0.2) is 0 Å². The highest BCUT2D eigenvalue weighted by Crippen LogP contribution is 2.60. The van der Waals surface area contributed by atoms with Crippen molar-refractivity contribution in [3.8, 4) is 5.75 Å². The normalized spacial score (nSPS) is 35.8. The summed E-state index contributed by atoms with van der Waals surface area (Å²) in [6.45, 7) is 5.59. The molecule has 1 aromatic rings. The molecule has 1 unspecified atom stereocenters. The van der Waals surface area contributed by atoms with E-state index in [0.29, 0.717) is 6.04 Å². The molecule has 2 heterocycles. The Balaban J connectivity index is 1.89. The fraction of sp³-hybridized carbons (Fsp3) is 0.474. The van der Waals surface area contributed by atoms with Crippen LogP contribution in [0.15, 0.2) is 35.4 Å². The minimum atomic E-state index is 0.130. The number of rotatable bonds is 0. The molecule has 5 rings (SSSR count). The third kappa shape index (κ3) is 1.20. The maximum atomic E-state index is 6.53. The van der Waals surface area contributed by atoms with Gasteiger partial charge in [-0.05, 0) is 62.6 Å². The molecule has 2 aliphatic heterocycles. The molecule has 3 atom stereocenters. The maximum Gasteiger partial charge on any atom is 0.133 e. The lowest BCUT2D eigenvalue weighted by atomic mass is 9.56. The van der Waals surface area contributed by atoms with Crippen molar-refractivity contribution < 1.29 is 4.74 Å². The predicted octanol–water partition coefficient (Wildman–Crippen LogP) is 3.14. The van der Waals surface area contributed by atoms with Crippen molar-refractivity contribution in [1.29, 1.82) is 0 Å². The van der Waals surface area contributed by atoms with Gasteiger partial charge in [0.1, 0.15) is 11.9 Å². The molecule has 108 valence electrons. The van der Waals surface area contributed by atoms with E-state index in [2.05, 4.69) is 50.1 Å². The summed E-state index contributed by atoms with van der Waals surface area (Å²) in [5.41, 5.74) is 7.44. The number of likely N-dealkylation sites (tertiary alicyclic amines) is 1. The molecular formula is C19H21NO. The van der Waals surface area contributed by atoms with Crippen molar-refractivity contribution in [3.63, 3.8) is 0 Å². The van der Waals surface area contributed by atoms with Crippen LogP contribution in [0.3, 0.4) is 0 Å². The molecule has 0 amide bonds. The summed E-state index contributed by atoms with van der Waals surface area (Å²) < 4.78 is 6.53. The molecule has 21 heavy (non-hydrogen) atoms. The quantitative estimate of drug-likeness (QED) is 0.723. The second-order valence-corrected chi connectivity index (χ2v) is 7.20. The topological polar surface area (TPSA) is 12.5 Å². The number of hydrogen-bond donors (Lipinski definition) is 0. The van der Waals surface area contributed by atoms with Gasteiger partial charge in [-0.3, -0.25) is 4.90 Å². The fourth-order valence-electron chi connectivity index (χ4n) is 5.15. The summed E-state index contributed by atoms with van der Waals surface area (Å²) in [5, 5.41) is 0. The third-order valence-corrected chi connectivity index (χ3v) is 6.19. The molecule has 4 aliphatic rings. The molecule has 0 saturated carbocycles. The molecule has 2 bridgehead atoms. The third-order valence-electron chi connectivity index (χ3n) is 6.19. The van der Waals surface area contributed by atoms with E-state index < -0.39 is 0 Å². The Hall–Kier alpha value is -1.54. The summed E-state index contributed by atoms with van der Waals surface area (Å²) >= 11 is 0. The predicted molar refractivity (Wildman–Crippen MR) is 83.9 cm³/mol. The summed E-state index contributed by atoms with van der Waals surface area (Å²) in [5.74, 6) is 1.18. The summed E-state index contributed by atoms with van der Waals surface area (Å²) in [6, 6.07) is 5.14. The molecule has 2 aliphatic carbocycles. The number of benzene rings is 1. The van der Waals surface area contributed by atoms with Crippen LogP contribution in [-0.4, -0.2) is 30.6 Å². The first-order chi connectivity index (χ1) is 10.1. The van der Waals surface area contributed by atoms with Crippen LogP contribution in [0, 0.1) is 6.92 Å². The molecule has 2 nitrogen and oxygen atoms in total. The minimum absolute atomic E-state index is 0.130. The van der Waals surface area contributed by atoms with Gasteiger partial charge in [-0.2, -0.15) is 0 Å². The molecule has 0 radical (unpaired) electrons. The SMILES string of the molecule is CC1=CC=C2C3Cc4ccc(C)c5c4[C@@]2(CCN3C)[C@H]1O5. The Morgan fingerprint density at radius 2 is 2.10 bits per heavy atom. The summed E-state index contributed by atoms with van der Waals surface area (Å²) in [4.78, 5) is 2.53. The van der Waals surface area contributed by atoms with Gasteiger partial charge in [0.15, 0.2) is 0 Å². The Morgan fingerprint density at radius 3 is 2.95 bits per heavy atom. The number of aryl methyl sites for hydroxylation is 1. The lowest BCUT2D eigenvalue weighted by Crippen LogP contribution is -2.58. The molecule has 1 aromatic carbocycles. The first-order valence-corrected chi connectivity index (χ1v) is 8.01. The highest BCUT2D eigenvalue weighted by Gasteiger charge is 2.60. The van der Waals surface area contributed by atoms with E-state index in [0.717, 1.165) is 6.42 Å². The highest BCUT2D eigenvalue weighted by atomic mass is 16.5. The number of nitrogens with zero attached hydrogens (tertiary/aromatic N) is 1. The summed E-state index contributed by atoms with van der Waals surface area (Å²) in [7, 11) is 2.27.